The Morgan fingerprint density at radius 1 is 1.26 bits per heavy atom. The maximum atomic E-state index is 12.2. The van der Waals surface area contributed by atoms with E-state index in [2.05, 4.69) is 10.4 Å². The van der Waals surface area contributed by atoms with E-state index >= 15 is 0 Å². The molecule has 0 bridgehead atoms. The van der Waals surface area contributed by atoms with Gasteiger partial charge < -0.3 is 10.2 Å². The lowest BCUT2D eigenvalue weighted by Gasteiger charge is -2.16. The molecule has 0 unspecified atom stereocenters. The number of carbonyl (C=O) groups is 1. The first-order valence-corrected chi connectivity index (χ1v) is 10.5. The van der Waals surface area contributed by atoms with Crippen molar-refractivity contribution in [3.05, 3.63) is 34.6 Å². The smallest absolute Gasteiger partial charge is 0.251 e. The zero-order valence-electron chi connectivity index (χ0n) is 16.4. The molecule has 1 N–H and O–H groups in total. The first kappa shape index (κ1) is 19.8. The van der Waals surface area contributed by atoms with Gasteiger partial charge in [0, 0.05) is 31.3 Å². The molecule has 1 fully saturated rings. The van der Waals surface area contributed by atoms with Crippen LogP contribution in [-0.4, -0.2) is 53.8 Å². The van der Waals surface area contributed by atoms with Crippen LogP contribution >= 0.6 is 11.3 Å². The van der Waals surface area contributed by atoms with Gasteiger partial charge in [-0.15, -0.1) is 0 Å². The fraction of sp³-hybridized carbons (Fsp3) is 0.550. The molecule has 0 aliphatic heterocycles. The van der Waals surface area contributed by atoms with Crippen LogP contribution in [0.1, 0.15) is 42.5 Å². The maximum absolute atomic E-state index is 12.2. The number of benzene rings is 1. The first-order valence-electron chi connectivity index (χ1n) is 9.64. The third-order valence-electron chi connectivity index (χ3n) is 4.81. The Morgan fingerprint density at radius 2 is 1.96 bits per heavy atom. The molecule has 3 rings (SSSR count). The lowest BCUT2D eigenvalue weighted by atomic mass is 9.96. The van der Waals surface area contributed by atoms with Crippen molar-refractivity contribution >= 4 is 17.2 Å². The molecule has 146 valence electrons. The van der Waals surface area contributed by atoms with Crippen molar-refractivity contribution in [2.75, 3.05) is 27.2 Å². The number of hydrogen-bond donors (Lipinski definition) is 1. The molecule has 1 saturated carbocycles. The summed E-state index contributed by atoms with van der Waals surface area (Å²) in [7, 11) is 5.93. The average molecular weight is 388 g/mol. The number of nitrogens with one attached hydrogen (secondary N) is 1. The highest BCUT2D eigenvalue weighted by Gasteiger charge is 2.13. The lowest BCUT2D eigenvalue weighted by Crippen LogP contribution is -2.31. The van der Waals surface area contributed by atoms with Gasteiger partial charge in [-0.2, -0.15) is 5.10 Å². The number of aryl methyl sites for hydroxylation is 1. The van der Waals surface area contributed by atoms with Gasteiger partial charge >= 0.3 is 0 Å². The van der Waals surface area contributed by atoms with Gasteiger partial charge in [0.25, 0.3) is 5.91 Å². The number of hydrogen-bond acceptors (Lipinski definition) is 5. The second kappa shape index (κ2) is 9.28. The Morgan fingerprint density at radius 3 is 2.63 bits per heavy atom. The Bertz CT molecular complexity index is 816. The Kier molecular flexibility index (Phi) is 6.79. The number of aromatic nitrogens is 2. The second-order valence-electron chi connectivity index (χ2n) is 7.37. The van der Waals surface area contributed by atoms with E-state index in [0.717, 1.165) is 21.9 Å². The monoisotopic (exact) mass is 387 g/mol. The minimum Gasteiger partial charge on any atom is -0.351 e. The van der Waals surface area contributed by atoms with Crippen molar-refractivity contribution in [1.82, 2.24) is 20.0 Å². The normalized spacial score (nSPS) is 16.1. The average Bonchev–Trinajstić information content (AvgIpc) is 3.03. The zero-order chi connectivity index (χ0) is 19.2. The van der Waals surface area contributed by atoms with Gasteiger partial charge in [0.2, 0.25) is 4.80 Å². The standard InChI is InChI=1S/C20H29N5OS/c1-24(2)14-13-21-18(26)15-9-11-16(12-10-15)19-23-25(3)20(27-19)22-17-7-5-4-6-8-17/h9-12,17H,4-8,13-14H2,1-3H3,(H,21,26)/b22-20+. The van der Waals surface area contributed by atoms with Crippen molar-refractivity contribution in [1.29, 1.82) is 0 Å². The van der Waals surface area contributed by atoms with Crippen LogP contribution in [0.25, 0.3) is 10.6 Å². The fourth-order valence-corrected chi connectivity index (χ4v) is 4.17. The summed E-state index contributed by atoms with van der Waals surface area (Å²) in [4.78, 5) is 20.1. The summed E-state index contributed by atoms with van der Waals surface area (Å²) in [5, 5.41) is 8.50. The number of nitrogens with zero attached hydrogens (tertiary/aromatic N) is 4. The Balaban J connectivity index is 1.69. The Labute approximate surface area is 164 Å². The summed E-state index contributed by atoms with van der Waals surface area (Å²) < 4.78 is 1.87. The third kappa shape index (κ3) is 5.49. The van der Waals surface area contributed by atoms with Gasteiger partial charge in [0.1, 0.15) is 5.01 Å². The fourth-order valence-electron chi connectivity index (χ4n) is 3.20. The molecule has 0 radical (unpaired) electrons. The topological polar surface area (TPSA) is 62.5 Å². The molecule has 0 atom stereocenters. The summed E-state index contributed by atoms with van der Waals surface area (Å²) in [6, 6.07) is 8.08. The highest BCUT2D eigenvalue weighted by Crippen LogP contribution is 2.22. The van der Waals surface area contributed by atoms with Crippen molar-refractivity contribution < 1.29 is 4.79 Å². The zero-order valence-corrected chi connectivity index (χ0v) is 17.3. The molecule has 0 spiro atoms. The second-order valence-corrected chi connectivity index (χ2v) is 8.33. The highest BCUT2D eigenvalue weighted by molar-refractivity contribution is 7.12. The number of amides is 1. The van der Waals surface area contributed by atoms with Crippen molar-refractivity contribution in [2.45, 2.75) is 38.1 Å². The van der Waals surface area contributed by atoms with Crippen LogP contribution < -0.4 is 10.1 Å². The molecule has 1 heterocycles. The molecule has 7 heteroatoms. The number of carbonyl (C=O) groups excluding carboxylic acids is 1. The lowest BCUT2D eigenvalue weighted by molar-refractivity contribution is 0.0951. The van der Waals surface area contributed by atoms with E-state index in [0.29, 0.717) is 18.2 Å². The van der Waals surface area contributed by atoms with Gasteiger partial charge in [0.15, 0.2) is 0 Å². The van der Waals surface area contributed by atoms with E-state index in [4.69, 9.17) is 4.99 Å². The van der Waals surface area contributed by atoms with Gasteiger partial charge in [-0.25, -0.2) is 4.68 Å². The van der Waals surface area contributed by atoms with Gasteiger partial charge in [-0.05, 0) is 39.1 Å². The van der Waals surface area contributed by atoms with E-state index in [-0.39, 0.29) is 5.91 Å². The molecule has 1 aliphatic carbocycles. The minimum atomic E-state index is -0.0407. The molecule has 0 saturated heterocycles. The van der Waals surface area contributed by atoms with Gasteiger partial charge in [0.05, 0.1) is 6.04 Å². The number of rotatable bonds is 6. The SMILES string of the molecule is CN(C)CCNC(=O)c1ccc(-c2nn(C)/c(=N\C3CCCCC3)s2)cc1. The summed E-state index contributed by atoms with van der Waals surface area (Å²) in [5.74, 6) is -0.0407. The van der Waals surface area contributed by atoms with E-state index in [1.54, 1.807) is 11.3 Å². The number of likely N-dealkylation sites (N-methyl/N-ethyl adjacent to an activating group) is 1. The van der Waals surface area contributed by atoms with E-state index in [1.807, 2.05) is 55.0 Å². The quantitative estimate of drug-likeness (QED) is 0.829. The first-order chi connectivity index (χ1) is 13.0. The molecule has 6 nitrogen and oxygen atoms in total. The summed E-state index contributed by atoms with van der Waals surface area (Å²) in [6.07, 6.45) is 6.26. The summed E-state index contributed by atoms with van der Waals surface area (Å²) >= 11 is 1.62. The molecule has 1 amide bonds. The summed E-state index contributed by atoms with van der Waals surface area (Å²) in [5.41, 5.74) is 1.69. The minimum absolute atomic E-state index is 0.0407. The van der Waals surface area contributed by atoms with Crippen LogP contribution in [0.4, 0.5) is 0 Å². The summed E-state index contributed by atoms with van der Waals surface area (Å²) in [6.45, 7) is 1.47. The van der Waals surface area contributed by atoms with Crippen molar-refractivity contribution in [2.24, 2.45) is 12.0 Å². The molecule has 1 aromatic heterocycles. The molecule has 2 aromatic rings. The largest absolute Gasteiger partial charge is 0.351 e. The predicted octanol–water partition coefficient (Wildman–Crippen LogP) is 2.67. The van der Waals surface area contributed by atoms with Crippen LogP contribution in [0.3, 0.4) is 0 Å². The van der Waals surface area contributed by atoms with Gasteiger partial charge in [-0.1, -0.05) is 42.7 Å². The highest BCUT2D eigenvalue weighted by atomic mass is 32.1. The van der Waals surface area contributed by atoms with Crippen LogP contribution in [0.2, 0.25) is 0 Å². The van der Waals surface area contributed by atoms with E-state index in [9.17, 15) is 4.79 Å². The van der Waals surface area contributed by atoms with Crippen LogP contribution in [0, 0.1) is 0 Å². The third-order valence-corrected chi connectivity index (χ3v) is 5.87. The van der Waals surface area contributed by atoms with Crippen molar-refractivity contribution in [3.63, 3.8) is 0 Å². The molecule has 27 heavy (non-hydrogen) atoms. The predicted molar refractivity (Wildman–Crippen MR) is 110 cm³/mol. The molecular formula is C20H29N5OS. The molecule has 1 aliphatic rings. The molecule has 1 aromatic carbocycles. The van der Waals surface area contributed by atoms with E-state index in [1.165, 1.54) is 32.1 Å². The van der Waals surface area contributed by atoms with Crippen LogP contribution in [-0.2, 0) is 7.05 Å². The maximum Gasteiger partial charge on any atom is 0.251 e. The molecular weight excluding hydrogens is 358 g/mol. The Hall–Kier alpha value is -1.99. The van der Waals surface area contributed by atoms with Crippen LogP contribution in [0.5, 0.6) is 0 Å². The van der Waals surface area contributed by atoms with Crippen LogP contribution in [0.15, 0.2) is 29.3 Å². The van der Waals surface area contributed by atoms with Gasteiger partial charge in [-0.3, -0.25) is 9.79 Å². The van der Waals surface area contributed by atoms with E-state index < -0.39 is 0 Å². The van der Waals surface area contributed by atoms with Crippen molar-refractivity contribution in [3.8, 4) is 10.6 Å².